The van der Waals surface area contributed by atoms with Crippen LogP contribution in [-0.4, -0.2) is 53.0 Å². The lowest BCUT2D eigenvalue weighted by atomic mass is 9.70. The number of hydrogen-bond donors (Lipinski definition) is 1. The molecule has 0 aliphatic carbocycles. The predicted octanol–water partition coefficient (Wildman–Crippen LogP) is 2.15. The number of nitrogens with zero attached hydrogens (tertiary/aromatic N) is 3. The lowest BCUT2D eigenvalue weighted by Gasteiger charge is -2.39. The minimum absolute atomic E-state index is 0.258. The van der Waals surface area contributed by atoms with Gasteiger partial charge in [0.05, 0.1) is 24.8 Å². The quantitative estimate of drug-likeness (QED) is 0.910. The largest absolute Gasteiger partial charge is 0.479 e. The van der Waals surface area contributed by atoms with Crippen LogP contribution in [0, 0.1) is 5.41 Å². The Hall–Kier alpha value is -2.48. The van der Waals surface area contributed by atoms with E-state index in [-0.39, 0.29) is 13.1 Å². The maximum atomic E-state index is 15.5. The van der Waals surface area contributed by atoms with Gasteiger partial charge in [0.25, 0.3) is 0 Å². The van der Waals surface area contributed by atoms with Crippen LogP contribution in [-0.2, 0) is 9.53 Å². The highest BCUT2D eigenvalue weighted by Crippen LogP contribution is 2.50. The molecule has 2 aromatic rings. The predicted molar refractivity (Wildman–Crippen MR) is 85.9 cm³/mol. The molecular formula is C17H18FN3O4. The molecular weight excluding hydrogens is 329 g/mol. The topological polar surface area (TPSA) is 88.7 Å². The first-order valence-electron chi connectivity index (χ1n) is 8.15. The first-order valence-corrected chi connectivity index (χ1v) is 8.15. The summed E-state index contributed by atoms with van der Waals surface area (Å²) in [7, 11) is 0. The van der Waals surface area contributed by atoms with Crippen LogP contribution in [0.25, 0.3) is 11.3 Å². The minimum atomic E-state index is -2.34. The fourth-order valence-electron chi connectivity index (χ4n) is 3.80. The second-order valence-electron chi connectivity index (χ2n) is 6.61. The van der Waals surface area contributed by atoms with Crippen LogP contribution in [0.2, 0.25) is 0 Å². The maximum Gasteiger partial charge on any atom is 0.344 e. The van der Waals surface area contributed by atoms with Crippen LogP contribution >= 0.6 is 0 Å². The van der Waals surface area contributed by atoms with E-state index in [9.17, 15) is 9.90 Å². The van der Waals surface area contributed by atoms with E-state index >= 15 is 4.39 Å². The van der Waals surface area contributed by atoms with Gasteiger partial charge in [0.15, 0.2) is 0 Å². The summed E-state index contributed by atoms with van der Waals surface area (Å²) in [6.07, 6.45) is 5.43. The SMILES string of the molecule is O=C(O)C1(F)CN(c2nccc(-c3ccoc3)n2)CC12CCOCC2. The number of aromatic nitrogens is 2. The molecule has 0 radical (unpaired) electrons. The molecule has 1 N–H and O–H groups in total. The van der Waals surface area contributed by atoms with E-state index in [4.69, 9.17) is 9.15 Å². The Morgan fingerprint density at radius 1 is 1.28 bits per heavy atom. The summed E-state index contributed by atoms with van der Waals surface area (Å²) in [6, 6.07) is 3.50. The number of halogens is 1. The van der Waals surface area contributed by atoms with Gasteiger partial charge < -0.3 is 19.2 Å². The average molecular weight is 347 g/mol. The number of carboxylic acid groups (broad SMARTS) is 1. The van der Waals surface area contributed by atoms with E-state index < -0.39 is 17.1 Å². The molecule has 0 bridgehead atoms. The van der Waals surface area contributed by atoms with Gasteiger partial charge in [-0.15, -0.1) is 0 Å². The molecule has 8 heteroatoms. The van der Waals surface area contributed by atoms with Gasteiger partial charge in [0.1, 0.15) is 0 Å². The zero-order valence-corrected chi connectivity index (χ0v) is 13.5. The monoisotopic (exact) mass is 347 g/mol. The number of alkyl halides is 1. The Morgan fingerprint density at radius 2 is 2.08 bits per heavy atom. The summed E-state index contributed by atoms with van der Waals surface area (Å²) in [5, 5.41) is 9.56. The van der Waals surface area contributed by atoms with Crippen LogP contribution in [0.4, 0.5) is 10.3 Å². The van der Waals surface area contributed by atoms with Crippen LogP contribution in [0.15, 0.2) is 35.3 Å². The molecule has 1 spiro atoms. The van der Waals surface area contributed by atoms with E-state index in [0.29, 0.717) is 37.7 Å². The van der Waals surface area contributed by atoms with Crippen molar-refractivity contribution in [3.8, 4) is 11.3 Å². The highest BCUT2D eigenvalue weighted by Gasteiger charge is 2.64. The first kappa shape index (κ1) is 16.0. The third-order valence-electron chi connectivity index (χ3n) is 5.27. The summed E-state index contributed by atoms with van der Waals surface area (Å²) in [5.74, 6) is -1.10. The molecule has 2 aliphatic rings. The Morgan fingerprint density at radius 3 is 2.76 bits per heavy atom. The molecule has 1 atom stereocenters. The maximum absolute atomic E-state index is 15.5. The van der Waals surface area contributed by atoms with Crippen molar-refractivity contribution in [3.05, 3.63) is 30.9 Å². The van der Waals surface area contributed by atoms with Crippen molar-refractivity contribution in [1.29, 1.82) is 0 Å². The Labute approximate surface area is 143 Å². The minimum Gasteiger partial charge on any atom is -0.479 e. The van der Waals surface area contributed by atoms with E-state index in [1.807, 2.05) is 0 Å². The summed E-state index contributed by atoms with van der Waals surface area (Å²) in [6.45, 7) is 0.719. The number of rotatable bonds is 3. The molecule has 0 aromatic carbocycles. The van der Waals surface area contributed by atoms with Crippen molar-refractivity contribution >= 4 is 11.9 Å². The summed E-state index contributed by atoms with van der Waals surface area (Å²) < 4.78 is 25.9. The van der Waals surface area contributed by atoms with E-state index in [1.165, 1.54) is 0 Å². The lowest BCUT2D eigenvalue weighted by molar-refractivity contribution is -0.162. The van der Waals surface area contributed by atoms with Crippen molar-refractivity contribution in [2.24, 2.45) is 5.41 Å². The van der Waals surface area contributed by atoms with Gasteiger partial charge in [-0.1, -0.05) is 0 Å². The number of anilines is 1. The van der Waals surface area contributed by atoms with Gasteiger partial charge >= 0.3 is 5.97 Å². The second-order valence-corrected chi connectivity index (χ2v) is 6.61. The second kappa shape index (κ2) is 5.80. The summed E-state index contributed by atoms with van der Waals surface area (Å²) in [4.78, 5) is 22.1. The highest BCUT2D eigenvalue weighted by atomic mass is 19.1. The normalized spacial score (nSPS) is 25.4. The van der Waals surface area contributed by atoms with Crippen molar-refractivity contribution < 1.29 is 23.4 Å². The smallest absolute Gasteiger partial charge is 0.344 e. The number of carboxylic acids is 1. The zero-order valence-electron chi connectivity index (χ0n) is 13.5. The van der Waals surface area contributed by atoms with Gasteiger partial charge in [0, 0.05) is 36.9 Å². The molecule has 0 saturated carbocycles. The van der Waals surface area contributed by atoms with Gasteiger partial charge in [0.2, 0.25) is 11.6 Å². The van der Waals surface area contributed by atoms with E-state index in [1.54, 1.807) is 35.8 Å². The van der Waals surface area contributed by atoms with Gasteiger partial charge in [-0.25, -0.2) is 19.2 Å². The molecule has 132 valence electrons. The van der Waals surface area contributed by atoms with Crippen LogP contribution < -0.4 is 4.90 Å². The summed E-state index contributed by atoms with van der Waals surface area (Å²) in [5.41, 5.74) is -1.89. The fraction of sp³-hybridized carbons (Fsp3) is 0.471. The van der Waals surface area contributed by atoms with Crippen LogP contribution in [0.1, 0.15) is 12.8 Å². The fourth-order valence-corrected chi connectivity index (χ4v) is 3.80. The molecule has 4 heterocycles. The molecule has 2 aromatic heterocycles. The molecule has 0 amide bonds. The molecule has 2 aliphatic heterocycles. The molecule has 25 heavy (non-hydrogen) atoms. The summed E-state index contributed by atoms with van der Waals surface area (Å²) >= 11 is 0. The molecule has 7 nitrogen and oxygen atoms in total. The number of ether oxygens (including phenoxy) is 1. The highest BCUT2D eigenvalue weighted by molar-refractivity contribution is 5.81. The van der Waals surface area contributed by atoms with Crippen molar-refractivity contribution in [2.75, 3.05) is 31.2 Å². The third kappa shape index (κ3) is 2.48. The van der Waals surface area contributed by atoms with Gasteiger partial charge in [-0.2, -0.15) is 0 Å². The van der Waals surface area contributed by atoms with Crippen molar-refractivity contribution in [2.45, 2.75) is 18.5 Å². The average Bonchev–Trinajstić information content (AvgIpc) is 3.25. The van der Waals surface area contributed by atoms with Gasteiger partial charge in [-0.3, -0.25) is 0 Å². The van der Waals surface area contributed by atoms with Crippen LogP contribution in [0.3, 0.4) is 0 Å². The third-order valence-corrected chi connectivity index (χ3v) is 5.27. The number of hydrogen-bond acceptors (Lipinski definition) is 6. The number of furan rings is 1. The first-order chi connectivity index (χ1) is 12.0. The Kier molecular flexibility index (Phi) is 3.72. The zero-order chi connectivity index (χ0) is 17.5. The van der Waals surface area contributed by atoms with E-state index in [0.717, 1.165) is 5.56 Å². The van der Waals surface area contributed by atoms with Crippen molar-refractivity contribution in [3.63, 3.8) is 0 Å². The molecule has 2 fully saturated rings. The van der Waals surface area contributed by atoms with E-state index in [2.05, 4.69) is 9.97 Å². The Balaban J connectivity index is 1.68. The lowest BCUT2D eigenvalue weighted by Crippen LogP contribution is -2.52. The van der Waals surface area contributed by atoms with Crippen molar-refractivity contribution in [1.82, 2.24) is 9.97 Å². The molecule has 4 rings (SSSR count). The Bertz CT molecular complexity index is 776. The number of aliphatic carboxylic acids is 1. The molecule has 2 saturated heterocycles. The van der Waals surface area contributed by atoms with Crippen LogP contribution in [0.5, 0.6) is 0 Å². The molecule has 1 unspecified atom stereocenters. The van der Waals surface area contributed by atoms with Gasteiger partial charge in [-0.05, 0) is 25.0 Å². The standard InChI is InChI=1S/C17H18FN3O4/c18-17(14(22)23)11-21(10-16(17)3-7-24-8-4-16)15-19-5-1-13(20-15)12-2-6-25-9-12/h1-2,5-6,9H,3-4,7-8,10-11H2,(H,22,23). The number of carbonyl (C=O) groups is 1.